The van der Waals surface area contributed by atoms with Gasteiger partial charge in [0.05, 0.1) is 18.1 Å². The van der Waals surface area contributed by atoms with Gasteiger partial charge >= 0.3 is 5.97 Å². The molecule has 0 aliphatic carbocycles. The highest BCUT2D eigenvalue weighted by Crippen LogP contribution is 2.46. The maximum Gasteiger partial charge on any atom is 0.337 e. The third kappa shape index (κ3) is 3.29. The van der Waals surface area contributed by atoms with E-state index >= 15 is 4.39 Å². The van der Waals surface area contributed by atoms with Crippen LogP contribution >= 0.6 is 0 Å². The molecule has 0 bridgehead atoms. The lowest BCUT2D eigenvalue weighted by Crippen LogP contribution is -2.32. The molecule has 2 nitrogen and oxygen atoms in total. The quantitative estimate of drug-likeness (QED) is 0.306. The van der Waals surface area contributed by atoms with Crippen molar-refractivity contribution in [2.45, 2.75) is 5.41 Å². The van der Waals surface area contributed by atoms with Crippen molar-refractivity contribution in [2.75, 3.05) is 7.11 Å². The van der Waals surface area contributed by atoms with Crippen LogP contribution in [0.4, 0.5) is 4.39 Å². The first-order valence-corrected chi connectivity index (χ1v) is 9.73. The largest absolute Gasteiger partial charge is 0.465 e. The lowest BCUT2D eigenvalue weighted by Gasteiger charge is -2.37. The fourth-order valence-electron chi connectivity index (χ4n) is 4.11. The van der Waals surface area contributed by atoms with E-state index in [4.69, 9.17) is 4.74 Å². The zero-order chi connectivity index (χ0) is 21.0. The predicted molar refractivity (Wildman–Crippen MR) is 116 cm³/mol. The van der Waals surface area contributed by atoms with Crippen molar-refractivity contribution < 1.29 is 13.9 Å². The molecule has 4 aromatic carbocycles. The molecule has 3 heteroatoms. The fraction of sp³-hybridized carbons (Fsp3) is 0.0741. The normalized spacial score (nSPS) is 11.1. The van der Waals surface area contributed by atoms with Crippen LogP contribution in [0.5, 0.6) is 0 Å². The molecule has 0 spiro atoms. The van der Waals surface area contributed by atoms with Crippen LogP contribution in [0.1, 0.15) is 32.6 Å². The van der Waals surface area contributed by atoms with Crippen molar-refractivity contribution in [1.29, 1.82) is 0 Å². The first-order chi connectivity index (χ1) is 14.7. The van der Waals surface area contributed by atoms with Gasteiger partial charge in [-0.25, -0.2) is 9.18 Å². The van der Waals surface area contributed by atoms with E-state index in [2.05, 4.69) is 0 Å². The molecule has 0 atom stereocenters. The van der Waals surface area contributed by atoms with Crippen LogP contribution in [0.3, 0.4) is 0 Å². The number of rotatable bonds is 5. The summed E-state index contributed by atoms with van der Waals surface area (Å²) in [7, 11) is 1.35. The number of carbonyl (C=O) groups excluding carboxylic acids is 1. The molecular formula is C27H21FO2. The average molecular weight is 396 g/mol. The van der Waals surface area contributed by atoms with Gasteiger partial charge in [0.2, 0.25) is 0 Å². The van der Waals surface area contributed by atoms with Crippen LogP contribution in [0.25, 0.3) is 0 Å². The van der Waals surface area contributed by atoms with Crippen LogP contribution in [0, 0.1) is 5.82 Å². The lowest BCUT2D eigenvalue weighted by atomic mass is 9.65. The number of hydrogen-bond donors (Lipinski definition) is 0. The first-order valence-electron chi connectivity index (χ1n) is 9.73. The summed E-state index contributed by atoms with van der Waals surface area (Å²) in [6.07, 6.45) is 0. The lowest BCUT2D eigenvalue weighted by molar-refractivity contribution is 0.0600. The van der Waals surface area contributed by atoms with Crippen LogP contribution in [-0.2, 0) is 10.2 Å². The van der Waals surface area contributed by atoms with Gasteiger partial charge in [-0.15, -0.1) is 0 Å². The second-order valence-corrected chi connectivity index (χ2v) is 7.03. The minimum absolute atomic E-state index is 0.311. The Morgan fingerprint density at radius 1 is 0.700 bits per heavy atom. The average Bonchev–Trinajstić information content (AvgIpc) is 2.82. The Bertz CT molecular complexity index is 1110. The maximum atomic E-state index is 15.4. The summed E-state index contributed by atoms with van der Waals surface area (Å²) in [5.41, 5.74) is 2.59. The Morgan fingerprint density at radius 2 is 1.23 bits per heavy atom. The van der Waals surface area contributed by atoms with E-state index < -0.39 is 11.4 Å². The van der Waals surface area contributed by atoms with Crippen LogP contribution < -0.4 is 0 Å². The SMILES string of the molecule is COC(=O)c1cccc(C(c2ccccc2)(c2ccccc2)c2ccccc2F)c1. The smallest absolute Gasteiger partial charge is 0.337 e. The Balaban J connectivity index is 2.15. The van der Waals surface area contributed by atoms with E-state index in [-0.39, 0.29) is 5.82 Å². The number of methoxy groups -OCH3 is 1. The van der Waals surface area contributed by atoms with Crippen molar-refractivity contribution in [1.82, 2.24) is 0 Å². The van der Waals surface area contributed by atoms with Crippen molar-refractivity contribution in [3.8, 4) is 0 Å². The fourth-order valence-corrected chi connectivity index (χ4v) is 4.11. The zero-order valence-corrected chi connectivity index (χ0v) is 16.6. The van der Waals surface area contributed by atoms with Crippen molar-refractivity contribution in [2.24, 2.45) is 0 Å². The first kappa shape index (κ1) is 19.6. The predicted octanol–water partition coefficient (Wildman–Crippen LogP) is 6.00. The highest BCUT2D eigenvalue weighted by Gasteiger charge is 2.40. The molecule has 0 saturated carbocycles. The monoisotopic (exact) mass is 396 g/mol. The maximum absolute atomic E-state index is 15.4. The molecule has 0 heterocycles. The van der Waals surface area contributed by atoms with Gasteiger partial charge < -0.3 is 4.74 Å². The number of ether oxygens (including phenoxy) is 1. The molecule has 0 amide bonds. The summed E-state index contributed by atoms with van der Waals surface area (Å²) in [4.78, 5) is 12.3. The number of hydrogen-bond acceptors (Lipinski definition) is 2. The Labute approximate surface area is 175 Å². The van der Waals surface area contributed by atoms with Gasteiger partial charge in [-0.2, -0.15) is 0 Å². The van der Waals surface area contributed by atoms with Gasteiger partial charge in [-0.1, -0.05) is 91.0 Å². The number of benzene rings is 4. The second-order valence-electron chi connectivity index (χ2n) is 7.03. The topological polar surface area (TPSA) is 26.3 Å². The Morgan fingerprint density at radius 3 is 1.80 bits per heavy atom. The van der Waals surface area contributed by atoms with E-state index in [1.54, 1.807) is 24.3 Å². The molecular weight excluding hydrogens is 375 g/mol. The van der Waals surface area contributed by atoms with Gasteiger partial charge in [-0.3, -0.25) is 0 Å². The van der Waals surface area contributed by atoms with E-state index in [9.17, 15) is 4.79 Å². The molecule has 0 radical (unpaired) electrons. The Hall–Kier alpha value is -3.72. The van der Waals surface area contributed by atoms with Gasteiger partial charge in [0.1, 0.15) is 5.82 Å². The van der Waals surface area contributed by atoms with Crippen LogP contribution in [0.2, 0.25) is 0 Å². The highest BCUT2D eigenvalue weighted by molar-refractivity contribution is 5.89. The number of carbonyl (C=O) groups is 1. The summed E-state index contributed by atoms with van der Waals surface area (Å²) in [5, 5.41) is 0. The van der Waals surface area contributed by atoms with E-state index in [0.717, 1.165) is 16.7 Å². The van der Waals surface area contributed by atoms with Gasteiger partial charge in [0, 0.05) is 5.56 Å². The van der Waals surface area contributed by atoms with Gasteiger partial charge in [0.25, 0.3) is 0 Å². The van der Waals surface area contributed by atoms with Crippen LogP contribution in [0.15, 0.2) is 109 Å². The Kier molecular flexibility index (Phi) is 5.44. The summed E-state index contributed by atoms with van der Waals surface area (Å²) in [5.74, 6) is -0.742. The number of halogens is 1. The number of esters is 1. The summed E-state index contributed by atoms with van der Waals surface area (Å²) >= 11 is 0. The van der Waals surface area contributed by atoms with Crippen molar-refractivity contribution in [3.05, 3.63) is 143 Å². The molecule has 0 saturated heterocycles. The summed E-state index contributed by atoms with van der Waals surface area (Å²) in [6, 6.07) is 33.6. The van der Waals surface area contributed by atoms with Gasteiger partial charge in [-0.05, 0) is 34.9 Å². The molecule has 0 N–H and O–H groups in total. The third-order valence-corrected chi connectivity index (χ3v) is 5.41. The molecule has 0 aromatic heterocycles. The van der Waals surface area contributed by atoms with E-state index in [1.807, 2.05) is 78.9 Å². The van der Waals surface area contributed by atoms with E-state index in [0.29, 0.717) is 11.1 Å². The van der Waals surface area contributed by atoms with Crippen LogP contribution in [-0.4, -0.2) is 13.1 Å². The molecule has 0 unspecified atom stereocenters. The van der Waals surface area contributed by atoms with E-state index in [1.165, 1.54) is 13.2 Å². The molecule has 0 fully saturated rings. The zero-order valence-electron chi connectivity index (χ0n) is 16.6. The summed E-state index contributed by atoms with van der Waals surface area (Å²) < 4.78 is 20.3. The van der Waals surface area contributed by atoms with Crippen molar-refractivity contribution >= 4 is 5.97 Å². The standard InChI is InChI=1S/C27H21FO2/c1-30-26(29)20-11-10-16-23(19-20)27(21-12-4-2-5-13-21,22-14-6-3-7-15-22)24-17-8-9-18-25(24)28/h2-19H,1H3. The van der Waals surface area contributed by atoms with Crippen molar-refractivity contribution in [3.63, 3.8) is 0 Å². The second kappa shape index (κ2) is 8.34. The minimum atomic E-state index is -0.947. The summed E-state index contributed by atoms with van der Waals surface area (Å²) in [6.45, 7) is 0. The molecule has 148 valence electrons. The van der Waals surface area contributed by atoms with Gasteiger partial charge in [0.15, 0.2) is 0 Å². The molecule has 0 aliphatic rings. The molecule has 30 heavy (non-hydrogen) atoms. The molecule has 4 aromatic rings. The highest BCUT2D eigenvalue weighted by atomic mass is 19.1. The minimum Gasteiger partial charge on any atom is -0.465 e. The third-order valence-electron chi connectivity index (χ3n) is 5.41. The molecule has 0 aliphatic heterocycles. The molecule has 4 rings (SSSR count).